The maximum Gasteiger partial charge on any atom is 0.0414 e. The molecular formula is C8H9BrN2. The van der Waals surface area contributed by atoms with Gasteiger partial charge in [0.05, 0.1) is 0 Å². The summed E-state index contributed by atoms with van der Waals surface area (Å²) in [6.45, 7) is 0. The molecule has 0 aromatic heterocycles. The third-order valence-corrected chi connectivity index (χ3v) is 1.81. The van der Waals surface area contributed by atoms with Gasteiger partial charge in [0, 0.05) is 29.0 Å². The number of aliphatic imine (C=N–C) groups is 1. The summed E-state index contributed by atoms with van der Waals surface area (Å²) in [7, 11) is 1.72. The van der Waals surface area contributed by atoms with Crippen LogP contribution < -0.4 is 5.73 Å². The first kappa shape index (κ1) is 8.27. The minimum Gasteiger partial charge on any atom is -0.398 e. The van der Waals surface area contributed by atoms with Crippen molar-refractivity contribution in [1.29, 1.82) is 0 Å². The number of hydrogen-bond acceptors (Lipinski definition) is 2. The monoisotopic (exact) mass is 212 g/mol. The maximum absolute atomic E-state index is 5.69. The summed E-state index contributed by atoms with van der Waals surface area (Å²) >= 11 is 3.32. The van der Waals surface area contributed by atoms with E-state index in [0.717, 1.165) is 15.7 Å². The van der Waals surface area contributed by atoms with Crippen LogP contribution in [-0.4, -0.2) is 13.3 Å². The second-order valence-corrected chi connectivity index (χ2v) is 3.08. The fraction of sp³-hybridized carbons (Fsp3) is 0.125. The highest BCUT2D eigenvalue weighted by Crippen LogP contribution is 2.16. The molecule has 0 atom stereocenters. The zero-order valence-electron chi connectivity index (χ0n) is 6.21. The zero-order valence-corrected chi connectivity index (χ0v) is 7.80. The molecule has 0 aliphatic rings. The Labute approximate surface area is 74.3 Å². The molecule has 0 aliphatic heterocycles. The molecule has 58 valence electrons. The van der Waals surface area contributed by atoms with Gasteiger partial charge in [0.2, 0.25) is 0 Å². The Morgan fingerprint density at radius 3 is 2.82 bits per heavy atom. The van der Waals surface area contributed by atoms with Crippen LogP contribution in [0.4, 0.5) is 5.69 Å². The van der Waals surface area contributed by atoms with Crippen molar-refractivity contribution in [2.45, 2.75) is 0 Å². The van der Waals surface area contributed by atoms with E-state index >= 15 is 0 Å². The third-order valence-electron chi connectivity index (χ3n) is 1.32. The summed E-state index contributed by atoms with van der Waals surface area (Å²) < 4.78 is 0.989. The van der Waals surface area contributed by atoms with Crippen LogP contribution in [0.15, 0.2) is 27.7 Å². The van der Waals surface area contributed by atoms with E-state index in [9.17, 15) is 0 Å². The Hall–Kier alpha value is -0.830. The molecule has 1 rings (SSSR count). The van der Waals surface area contributed by atoms with E-state index in [2.05, 4.69) is 20.9 Å². The van der Waals surface area contributed by atoms with Crippen LogP contribution in [0.2, 0.25) is 0 Å². The molecule has 2 nitrogen and oxygen atoms in total. The molecule has 1 aromatic rings. The molecule has 0 bridgehead atoms. The van der Waals surface area contributed by atoms with Crippen molar-refractivity contribution in [3.05, 3.63) is 28.2 Å². The Kier molecular flexibility index (Phi) is 2.65. The van der Waals surface area contributed by atoms with E-state index in [1.807, 2.05) is 18.2 Å². The number of nitrogens with zero attached hydrogens (tertiary/aromatic N) is 1. The van der Waals surface area contributed by atoms with Crippen molar-refractivity contribution in [3.63, 3.8) is 0 Å². The SMILES string of the molecule is CN=Cc1ccc(Br)cc1N. The molecule has 11 heavy (non-hydrogen) atoms. The molecule has 0 saturated heterocycles. The average Bonchev–Trinajstić information content (AvgIpc) is 1.95. The van der Waals surface area contributed by atoms with Crippen LogP contribution in [-0.2, 0) is 0 Å². The van der Waals surface area contributed by atoms with E-state index in [1.54, 1.807) is 13.3 Å². The lowest BCUT2D eigenvalue weighted by molar-refractivity contribution is 1.46. The van der Waals surface area contributed by atoms with Crippen molar-refractivity contribution in [2.75, 3.05) is 12.8 Å². The lowest BCUT2D eigenvalue weighted by Crippen LogP contribution is -1.92. The number of halogens is 1. The highest BCUT2D eigenvalue weighted by atomic mass is 79.9. The van der Waals surface area contributed by atoms with Crippen LogP contribution in [0.5, 0.6) is 0 Å². The van der Waals surface area contributed by atoms with Gasteiger partial charge >= 0.3 is 0 Å². The predicted molar refractivity (Wildman–Crippen MR) is 52.1 cm³/mol. The van der Waals surface area contributed by atoms with Gasteiger partial charge in [-0.05, 0) is 12.1 Å². The van der Waals surface area contributed by atoms with Gasteiger partial charge in [0.15, 0.2) is 0 Å². The first-order valence-electron chi connectivity index (χ1n) is 3.21. The van der Waals surface area contributed by atoms with E-state index in [1.165, 1.54) is 0 Å². The van der Waals surface area contributed by atoms with Crippen LogP contribution in [0.25, 0.3) is 0 Å². The summed E-state index contributed by atoms with van der Waals surface area (Å²) in [5.41, 5.74) is 7.38. The predicted octanol–water partition coefficient (Wildman–Crippen LogP) is 2.08. The van der Waals surface area contributed by atoms with Crippen molar-refractivity contribution in [2.24, 2.45) is 4.99 Å². The third kappa shape index (κ3) is 2.05. The van der Waals surface area contributed by atoms with Crippen molar-refractivity contribution >= 4 is 27.8 Å². The lowest BCUT2D eigenvalue weighted by Gasteiger charge is -1.98. The van der Waals surface area contributed by atoms with Gasteiger partial charge in [-0.15, -0.1) is 0 Å². The highest BCUT2D eigenvalue weighted by molar-refractivity contribution is 9.10. The summed E-state index contributed by atoms with van der Waals surface area (Å²) in [6, 6.07) is 5.72. The standard InChI is InChI=1S/C8H9BrN2/c1-11-5-6-2-3-7(9)4-8(6)10/h2-5H,10H2,1H3. The number of hydrogen-bond donors (Lipinski definition) is 1. The molecule has 0 fully saturated rings. The number of benzene rings is 1. The normalized spacial score (nSPS) is 10.7. The molecule has 0 aliphatic carbocycles. The smallest absolute Gasteiger partial charge is 0.0414 e. The molecule has 2 N–H and O–H groups in total. The van der Waals surface area contributed by atoms with Crippen LogP contribution in [0.1, 0.15) is 5.56 Å². The highest BCUT2D eigenvalue weighted by Gasteiger charge is 1.94. The number of anilines is 1. The van der Waals surface area contributed by atoms with E-state index in [0.29, 0.717) is 0 Å². The van der Waals surface area contributed by atoms with Crippen LogP contribution in [0, 0.1) is 0 Å². The maximum atomic E-state index is 5.69. The topological polar surface area (TPSA) is 38.4 Å². The Morgan fingerprint density at radius 2 is 2.27 bits per heavy atom. The molecule has 0 saturated carbocycles. The van der Waals surface area contributed by atoms with Crippen LogP contribution in [0.3, 0.4) is 0 Å². The molecule has 1 aromatic carbocycles. The lowest BCUT2D eigenvalue weighted by atomic mass is 10.2. The Balaban J connectivity index is 3.09. The molecule has 0 radical (unpaired) electrons. The molecule has 0 heterocycles. The minimum absolute atomic E-state index is 0.741. The van der Waals surface area contributed by atoms with Crippen molar-refractivity contribution in [3.8, 4) is 0 Å². The molecule has 0 spiro atoms. The Bertz CT molecular complexity index is 281. The Morgan fingerprint density at radius 1 is 1.55 bits per heavy atom. The van der Waals surface area contributed by atoms with Gasteiger partial charge in [-0.2, -0.15) is 0 Å². The summed E-state index contributed by atoms with van der Waals surface area (Å²) in [5, 5.41) is 0. The molecule has 0 amide bonds. The summed E-state index contributed by atoms with van der Waals surface area (Å²) in [4.78, 5) is 3.88. The van der Waals surface area contributed by atoms with Gasteiger partial charge in [-0.1, -0.05) is 22.0 Å². The van der Waals surface area contributed by atoms with Crippen LogP contribution >= 0.6 is 15.9 Å². The molecule has 3 heteroatoms. The second-order valence-electron chi connectivity index (χ2n) is 2.16. The fourth-order valence-corrected chi connectivity index (χ4v) is 1.18. The first-order valence-corrected chi connectivity index (χ1v) is 4.00. The van der Waals surface area contributed by atoms with E-state index in [4.69, 9.17) is 5.73 Å². The van der Waals surface area contributed by atoms with Gasteiger partial charge in [-0.3, -0.25) is 4.99 Å². The minimum atomic E-state index is 0.741. The molecule has 0 unspecified atom stereocenters. The van der Waals surface area contributed by atoms with Crippen molar-refractivity contribution in [1.82, 2.24) is 0 Å². The van der Waals surface area contributed by atoms with E-state index < -0.39 is 0 Å². The molecular weight excluding hydrogens is 204 g/mol. The second kappa shape index (κ2) is 3.53. The van der Waals surface area contributed by atoms with Gasteiger partial charge in [0.25, 0.3) is 0 Å². The number of nitrogens with two attached hydrogens (primary N) is 1. The van der Waals surface area contributed by atoms with Gasteiger partial charge in [-0.25, -0.2) is 0 Å². The number of nitrogen functional groups attached to an aromatic ring is 1. The average molecular weight is 213 g/mol. The summed E-state index contributed by atoms with van der Waals surface area (Å²) in [5.74, 6) is 0. The van der Waals surface area contributed by atoms with Gasteiger partial charge in [0.1, 0.15) is 0 Å². The van der Waals surface area contributed by atoms with Gasteiger partial charge < -0.3 is 5.73 Å². The largest absolute Gasteiger partial charge is 0.398 e. The number of rotatable bonds is 1. The first-order chi connectivity index (χ1) is 5.24. The summed E-state index contributed by atoms with van der Waals surface area (Å²) in [6.07, 6.45) is 1.74. The fourth-order valence-electron chi connectivity index (χ4n) is 0.802. The zero-order chi connectivity index (χ0) is 8.27. The van der Waals surface area contributed by atoms with Crippen molar-refractivity contribution < 1.29 is 0 Å². The quantitative estimate of drug-likeness (QED) is 0.562. The van der Waals surface area contributed by atoms with E-state index in [-0.39, 0.29) is 0 Å².